The van der Waals surface area contributed by atoms with Crippen LogP contribution in [0.4, 0.5) is 5.95 Å². The summed E-state index contributed by atoms with van der Waals surface area (Å²) in [7, 11) is 0. The Labute approximate surface area is 113 Å². The van der Waals surface area contributed by atoms with Gasteiger partial charge in [0.1, 0.15) is 11.3 Å². The lowest BCUT2D eigenvalue weighted by atomic mass is 9.85. The molecule has 0 bridgehead atoms. The maximum atomic E-state index is 6.08. The Bertz CT molecular complexity index is 584. The lowest BCUT2D eigenvalue weighted by Gasteiger charge is -2.26. The molecule has 0 saturated heterocycles. The Hall–Kier alpha value is -1.71. The molecule has 2 N–H and O–H groups in total. The van der Waals surface area contributed by atoms with Gasteiger partial charge in [0.2, 0.25) is 5.95 Å². The highest BCUT2D eigenvalue weighted by atomic mass is 16.5. The third kappa shape index (κ3) is 2.27. The molecule has 1 aliphatic carbocycles. The van der Waals surface area contributed by atoms with E-state index in [1.165, 1.54) is 19.3 Å². The Balaban J connectivity index is 2.00. The Morgan fingerprint density at radius 1 is 1.42 bits per heavy atom. The van der Waals surface area contributed by atoms with Crippen LogP contribution in [-0.2, 0) is 6.54 Å². The normalized spacial score (nSPS) is 15.9. The summed E-state index contributed by atoms with van der Waals surface area (Å²) in [4.78, 5) is 4.49. The number of hydrogen-bond acceptors (Lipinski definition) is 3. The van der Waals surface area contributed by atoms with Gasteiger partial charge in [-0.3, -0.25) is 0 Å². The molecule has 1 heterocycles. The number of nitrogens with two attached hydrogens (primary N) is 1. The average Bonchev–Trinajstić information content (AvgIpc) is 2.61. The number of imidazole rings is 1. The number of aromatic nitrogens is 2. The average molecular weight is 259 g/mol. The van der Waals surface area contributed by atoms with Crippen LogP contribution in [0.25, 0.3) is 11.0 Å². The zero-order valence-corrected chi connectivity index (χ0v) is 11.6. The summed E-state index contributed by atoms with van der Waals surface area (Å²) in [6.07, 6.45) is 4.10. The van der Waals surface area contributed by atoms with Crippen molar-refractivity contribution in [2.45, 2.75) is 45.8 Å². The summed E-state index contributed by atoms with van der Waals surface area (Å²) in [6.45, 7) is 5.02. The molecule has 3 rings (SSSR count). The van der Waals surface area contributed by atoms with Gasteiger partial charge < -0.3 is 15.0 Å². The molecule has 0 amide bonds. The number of anilines is 1. The molecule has 4 nitrogen and oxygen atoms in total. The first kappa shape index (κ1) is 12.3. The van der Waals surface area contributed by atoms with Crippen LogP contribution in [0.2, 0.25) is 0 Å². The second kappa shape index (κ2) is 4.76. The molecular formula is C15H21N3O. The van der Waals surface area contributed by atoms with Crippen LogP contribution < -0.4 is 10.5 Å². The van der Waals surface area contributed by atoms with Crippen molar-refractivity contribution in [2.24, 2.45) is 5.92 Å². The lowest BCUT2D eigenvalue weighted by molar-refractivity contribution is 0.245. The van der Waals surface area contributed by atoms with Gasteiger partial charge >= 0.3 is 0 Å². The van der Waals surface area contributed by atoms with Gasteiger partial charge in [0.15, 0.2) is 0 Å². The van der Waals surface area contributed by atoms with Crippen LogP contribution in [0.3, 0.4) is 0 Å². The van der Waals surface area contributed by atoms with E-state index in [4.69, 9.17) is 10.5 Å². The van der Waals surface area contributed by atoms with Crippen molar-refractivity contribution in [3.8, 4) is 5.75 Å². The minimum atomic E-state index is 0.142. The van der Waals surface area contributed by atoms with E-state index in [-0.39, 0.29) is 6.10 Å². The topological polar surface area (TPSA) is 53.1 Å². The molecule has 1 aliphatic rings. The van der Waals surface area contributed by atoms with Gasteiger partial charge in [-0.2, -0.15) is 0 Å². The van der Waals surface area contributed by atoms with E-state index in [0.717, 1.165) is 29.2 Å². The van der Waals surface area contributed by atoms with Crippen molar-refractivity contribution < 1.29 is 4.74 Å². The fourth-order valence-corrected chi connectivity index (χ4v) is 2.61. The first-order chi connectivity index (χ1) is 9.15. The van der Waals surface area contributed by atoms with Gasteiger partial charge in [0.25, 0.3) is 0 Å². The molecule has 4 heteroatoms. The minimum Gasteiger partial charge on any atom is -0.489 e. The number of fused-ring (bicyclic) bond motifs is 1. The predicted octanol–water partition coefficient (Wildman–Crippen LogP) is 3.21. The number of hydrogen-bond donors (Lipinski definition) is 1. The van der Waals surface area contributed by atoms with Crippen molar-refractivity contribution in [1.82, 2.24) is 9.55 Å². The van der Waals surface area contributed by atoms with Crippen LogP contribution >= 0.6 is 0 Å². The van der Waals surface area contributed by atoms with Gasteiger partial charge in [0.05, 0.1) is 11.6 Å². The van der Waals surface area contributed by atoms with Crippen LogP contribution in [0.1, 0.15) is 33.1 Å². The fourth-order valence-electron chi connectivity index (χ4n) is 2.61. The number of para-hydroxylation sites is 1. The van der Waals surface area contributed by atoms with Crippen molar-refractivity contribution >= 4 is 17.0 Å². The summed E-state index contributed by atoms with van der Waals surface area (Å²) in [5, 5.41) is 0. The van der Waals surface area contributed by atoms with E-state index in [1.54, 1.807) is 0 Å². The van der Waals surface area contributed by atoms with Gasteiger partial charge in [-0.15, -0.1) is 0 Å². The highest BCUT2D eigenvalue weighted by Gasteiger charge is 2.21. The first-order valence-electron chi connectivity index (χ1n) is 7.06. The molecule has 2 aromatic rings. The Kier molecular flexibility index (Phi) is 3.09. The minimum absolute atomic E-state index is 0.142. The summed E-state index contributed by atoms with van der Waals surface area (Å²) in [5.41, 5.74) is 8.04. The van der Waals surface area contributed by atoms with E-state index in [2.05, 4.69) is 15.6 Å². The summed E-state index contributed by atoms with van der Waals surface area (Å²) in [5.74, 6) is 2.18. The maximum absolute atomic E-state index is 6.08. The van der Waals surface area contributed by atoms with Crippen molar-refractivity contribution in [3.63, 3.8) is 0 Å². The molecule has 1 fully saturated rings. The summed E-state index contributed by atoms with van der Waals surface area (Å²) < 4.78 is 7.94. The van der Waals surface area contributed by atoms with Crippen LogP contribution in [-0.4, -0.2) is 15.7 Å². The van der Waals surface area contributed by atoms with Gasteiger partial charge in [-0.1, -0.05) is 12.5 Å². The molecule has 0 unspecified atom stereocenters. The molecule has 1 saturated carbocycles. The standard InChI is InChI=1S/C15H21N3O/c1-10(2)19-13-8-4-7-12-14(13)17-15(16)18(12)9-11-5-3-6-11/h4,7-8,10-11H,3,5-6,9H2,1-2H3,(H2,16,17). The van der Waals surface area contributed by atoms with E-state index < -0.39 is 0 Å². The van der Waals surface area contributed by atoms with Crippen LogP contribution in [0, 0.1) is 5.92 Å². The largest absolute Gasteiger partial charge is 0.489 e. The summed E-state index contributed by atoms with van der Waals surface area (Å²) >= 11 is 0. The second-order valence-corrected chi connectivity index (χ2v) is 5.67. The van der Waals surface area contributed by atoms with E-state index in [1.807, 2.05) is 26.0 Å². The van der Waals surface area contributed by atoms with E-state index in [9.17, 15) is 0 Å². The van der Waals surface area contributed by atoms with Crippen LogP contribution in [0.5, 0.6) is 5.75 Å². The summed E-state index contributed by atoms with van der Waals surface area (Å²) in [6, 6.07) is 6.05. The highest BCUT2D eigenvalue weighted by molar-refractivity contribution is 5.84. The molecule has 1 aromatic carbocycles. The molecule has 102 valence electrons. The van der Waals surface area contributed by atoms with Gasteiger partial charge in [0, 0.05) is 6.54 Å². The van der Waals surface area contributed by atoms with E-state index in [0.29, 0.717) is 5.95 Å². The molecule has 19 heavy (non-hydrogen) atoms. The predicted molar refractivity (Wildman–Crippen MR) is 77.3 cm³/mol. The van der Waals surface area contributed by atoms with Gasteiger partial charge in [-0.25, -0.2) is 4.98 Å². The molecule has 0 radical (unpaired) electrons. The lowest BCUT2D eigenvalue weighted by Crippen LogP contribution is -2.19. The fraction of sp³-hybridized carbons (Fsp3) is 0.533. The molecule has 0 spiro atoms. The van der Waals surface area contributed by atoms with Crippen molar-refractivity contribution in [1.29, 1.82) is 0 Å². The Morgan fingerprint density at radius 2 is 2.21 bits per heavy atom. The van der Waals surface area contributed by atoms with E-state index >= 15 is 0 Å². The number of benzene rings is 1. The van der Waals surface area contributed by atoms with Crippen molar-refractivity contribution in [3.05, 3.63) is 18.2 Å². The van der Waals surface area contributed by atoms with Crippen LogP contribution in [0.15, 0.2) is 18.2 Å². The smallest absolute Gasteiger partial charge is 0.201 e. The quantitative estimate of drug-likeness (QED) is 0.917. The monoisotopic (exact) mass is 259 g/mol. The maximum Gasteiger partial charge on any atom is 0.201 e. The molecule has 1 aromatic heterocycles. The number of nitrogen functional groups attached to an aromatic ring is 1. The number of rotatable bonds is 4. The number of ether oxygens (including phenoxy) is 1. The highest BCUT2D eigenvalue weighted by Crippen LogP contribution is 2.32. The first-order valence-corrected chi connectivity index (χ1v) is 7.06. The molecule has 0 atom stereocenters. The third-order valence-corrected chi connectivity index (χ3v) is 3.80. The zero-order chi connectivity index (χ0) is 13.4. The third-order valence-electron chi connectivity index (χ3n) is 3.80. The SMILES string of the molecule is CC(C)Oc1cccc2c1nc(N)n2CC1CCC1. The zero-order valence-electron chi connectivity index (χ0n) is 11.6. The Morgan fingerprint density at radius 3 is 2.84 bits per heavy atom. The molecule has 0 aliphatic heterocycles. The second-order valence-electron chi connectivity index (χ2n) is 5.67. The van der Waals surface area contributed by atoms with Gasteiger partial charge in [-0.05, 0) is 44.7 Å². The number of nitrogens with zero attached hydrogens (tertiary/aromatic N) is 2. The molecular weight excluding hydrogens is 238 g/mol. The van der Waals surface area contributed by atoms with Crippen molar-refractivity contribution in [2.75, 3.05) is 5.73 Å².